The molecule has 3 aromatic rings. The second kappa shape index (κ2) is 8.73. The number of alkyl halides is 3. The van der Waals surface area contributed by atoms with E-state index >= 15 is 0 Å². The van der Waals surface area contributed by atoms with Gasteiger partial charge in [-0.2, -0.15) is 13.2 Å². The molecule has 4 rings (SSSR count). The van der Waals surface area contributed by atoms with E-state index in [1.54, 1.807) is 9.47 Å². The number of aryl methyl sites for hydroxylation is 1. The lowest BCUT2D eigenvalue weighted by molar-refractivity contribution is -0.141. The number of rotatable bonds is 4. The third-order valence-electron chi connectivity index (χ3n) is 5.34. The first kappa shape index (κ1) is 23.7. The van der Waals surface area contributed by atoms with Gasteiger partial charge in [0.15, 0.2) is 17.0 Å². The van der Waals surface area contributed by atoms with Gasteiger partial charge in [0, 0.05) is 37.4 Å². The molecule has 1 atom stereocenters. The molecule has 182 valence electrons. The van der Waals surface area contributed by atoms with E-state index in [0.717, 1.165) is 12.3 Å². The molecular weight excluding hydrogens is 451 g/mol. The molecule has 34 heavy (non-hydrogen) atoms. The van der Waals surface area contributed by atoms with Crippen molar-refractivity contribution in [2.75, 3.05) is 18.4 Å². The highest BCUT2D eigenvalue weighted by molar-refractivity contribution is 5.86. The lowest BCUT2D eigenvalue weighted by atomic mass is 10.2. The van der Waals surface area contributed by atoms with Gasteiger partial charge in [-0.3, -0.25) is 4.98 Å². The van der Waals surface area contributed by atoms with Gasteiger partial charge < -0.3 is 19.5 Å². The number of amides is 1. The molecule has 0 aromatic carbocycles. The Labute approximate surface area is 194 Å². The number of imidazole rings is 1. The number of hydrogen-bond donors (Lipinski definition) is 1. The summed E-state index contributed by atoms with van der Waals surface area (Å²) in [7, 11) is 0. The number of aromatic nitrogens is 5. The van der Waals surface area contributed by atoms with Crippen LogP contribution in [0.15, 0.2) is 24.7 Å². The van der Waals surface area contributed by atoms with Crippen LogP contribution in [0.4, 0.5) is 23.8 Å². The lowest BCUT2D eigenvalue weighted by Gasteiger charge is -2.24. The Balaban J connectivity index is 1.59. The monoisotopic (exact) mass is 477 g/mol. The maximum atomic E-state index is 12.9. The maximum Gasteiger partial charge on any atom is 0.433 e. The van der Waals surface area contributed by atoms with Crippen molar-refractivity contribution >= 4 is 23.1 Å². The average molecular weight is 477 g/mol. The number of carbonyl (C=O) groups excluding carboxylic acids is 1. The molecule has 1 saturated heterocycles. The predicted molar refractivity (Wildman–Crippen MR) is 119 cm³/mol. The zero-order chi connectivity index (χ0) is 24.7. The molecule has 1 fully saturated rings. The van der Waals surface area contributed by atoms with Gasteiger partial charge in [0.25, 0.3) is 0 Å². The highest BCUT2D eigenvalue weighted by Gasteiger charge is 2.33. The fourth-order valence-electron chi connectivity index (χ4n) is 3.82. The Kier molecular flexibility index (Phi) is 6.09. The number of carbonyl (C=O) groups is 1. The van der Waals surface area contributed by atoms with Gasteiger partial charge in [0.2, 0.25) is 0 Å². The number of fused-ring (bicyclic) bond motifs is 1. The van der Waals surface area contributed by atoms with E-state index in [0.29, 0.717) is 54.4 Å². The fraction of sp³-hybridized carbons (Fsp3) is 0.500. The number of anilines is 1. The quantitative estimate of drug-likeness (QED) is 0.597. The molecule has 1 aliphatic rings. The van der Waals surface area contributed by atoms with E-state index in [9.17, 15) is 18.0 Å². The minimum Gasteiger partial charge on any atom is -0.444 e. The smallest absolute Gasteiger partial charge is 0.433 e. The summed E-state index contributed by atoms with van der Waals surface area (Å²) in [6, 6.07) is 2.22. The first-order valence-corrected chi connectivity index (χ1v) is 11.0. The first-order chi connectivity index (χ1) is 16.0. The standard InChI is InChI=1S/C22H26F3N7O2/c1-5-32-18(13-6-7-15(26-10-13)22(23,24)25)30-16-17(27-12-28-19(16)32)29-14-8-9-31(11-14)20(33)34-21(2,3)4/h6-7,10,12,14H,5,8-9,11H2,1-4H3,(H,27,28,29). The van der Waals surface area contributed by atoms with Gasteiger partial charge in [-0.1, -0.05) is 0 Å². The number of nitrogens with one attached hydrogen (secondary N) is 1. The van der Waals surface area contributed by atoms with Crippen molar-refractivity contribution in [1.82, 2.24) is 29.4 Å². The molecule has 1 unspecified atom stereocenters. The van der Waals surface area contributed by atoms with Crippen LogP contribution in [0, 0.1) is 0 Å². The molecule has 1 N–H and O–H groups in total. The molecule has 1 amide bonds. The zero-order valence-electron chi connectivity index (χ0n) is 19.3. The molecular formula is C22H26F3N7O2. The van der Waals surface area contributed by atoms with Gasteiger partial charge in [-0.25, -0.2) is 19.7 Å². The Morgan fingerprint density at radius 1 is 1.21 bits per heavy atom. The molecule has 4 heterocycles. The van der Waals surface area contributed by atoms with Gasteiger partial charge >= 0.3 is 12.3 Å². The summed E-state index contributed by atoms with van der Waals surface area (Å²) in [4.78, 5) is 30.9. The van der Waals surface area contributed by atoms with Crippen molar-refractivity contribution in [2.24, 2.45) is 0 Å². The van der Waals surface area contributed by atoms with E-state index in [2.05, 4.69) is 25.3 Å². The molecule has 12 heteroatoms. The van der Waals surface area contributed by atoms with Crippen molar-refractivity contribution in [1.29, 1.82) is 0 Å². The molecule has 0 aliphatic carbocycles. The maximum absolute atomic E-state index is 12.9. The third kappa shape index (κ3) is 4.90. The summed E-state index contributed by atoms with van der Waals surface area (Å²) in [6.45, 7) is 8.86. The topological polar surface area (TPSA) is 98.1 Å². The SMILES string of the molecule is CCn1c(-c2ccc(C(F)(F)F)nc2)nc2c(NC3CCN(C(=O)OC(C)(C)C)C3)ncnc21. The predicted octanol–water partition coefficient (Wildman–Crippen LogP) is 4.35. The Morgan fingerprint density at radius 2 is 1.97 bits per heavy atom. The summed E-state index contributed by atoms with van der Waals surface area (Å²) >= 11 is 0. The summed E-state index contributed by atoms with van der Waals surface area (Å²) < 4.78 is 45.9. The van der Waals surface area contributed by atoms with Crippen LogP contribution >= 0.6 is 0 Å². The highest BCUT2D eigenvalue weighted by Crippen LogP contribution is 2.31. The van der Waals surface area contributed by atoms with Crippen LogP contribution in [-0.2, 0) is 17.5 Å². The minimum atomic E-state index is -4.51. The normalized spacial score (nSPS) is 16.8. The number of pyridine rings is 1. The van der Waals surface area contributed by atoms with Gasteiger partial charge in [0.05, 0.1) is 0 Å². The van der Waals surface area contributed by atoms with Crippen LogP contribution in [0.25, 0.3) is 22.6 Å². The highest BCUT2D eigenvalue weighted by atomic mass is 19.4. The van der Waals surface area contributed by atoms with E-state index in [-0.39, 0.29) is 12.1 Å². The lowest BCUT2D eigenvalue weighted by Crippen LogP contribution is -2.36. The summed E-state index contributed by atoms with van der Waals surface area (Å²) in [5, 5.41) is 3.34. The van der Waals surface area contributed by atoms with Gasteiger partial charge in [-0.05, 0) is 46.2 Å². The Bertz CT molecular complexity index is 1190. The number of nitrogens with zero attached hydrogens (tertiary/aromatic N) is 6. The largest absolute Gasteiger partial charge is 0.444 e. The molecule has 0 spiro atoms. The zero-order valence-corrected chi connectivity index (χ0v) is 19.3. The van der Waals surface area contributed by atoms with Crippen molar-refractivity contribution in [2.45, 2.75) is 58.5 Å². The number of ether oxygens (including phenoxy) is 1. The minimum absolute atomic E-state index is 0.0615. The van der Waals surface area contributed by atoms with Crippen LogP contribution in [0.1, 0.15) is 39.8 Å². The number of hydrogen-bond acceptors (Lipinski definition) is 7. The summed E-state index contributed by atoms with van der Waals surface area (Å²) in [5.41, 5.74) is -0.0474. The van der Waals surface area contributed by atoms with E-state index < -0.39 is 17.5 Å². The van der Waals surface area contributed by atoms with Crippen LogP contribution in [-0.4, -0.2) is 60.2 Å². The summed E-state index contributed by atoms with van der Waals surface area (Å²) in [6.07, 6.45) is -1.60. The number of likely N-dealkylation sites (tertiary alicyclic amines) is 1. The van der Waals surface area contributed by atoms with Gasteiger partial charge in [-0.15, -0.1) is 0 Å². The van der Waals surface area contributed by atoms with E-state index in [4.69, 9.17) is 4.74 Å². The average Bonchev–Trinajstić information content (AvgIpc) is 3.37. The van der Waals surface area contributed by atoms with E-state index in [1.807, 2.05) is 27.7 Å². The molecule has 0 saturated carbocycles. The molecule has 3 aromatic heterocycles. The fourth-order valence-corrected chi connectivity index (χ4v) is 3.82. The van der Waals surface area contributed by atoms with E-state index in [1.165, 1.54) is 12.4 Å². The van der Waals surface area contributed by atoms with Crippen LogP contribution in [0.2, 0.25) is 0 Å². The van der Waals surface area contributed by atoms with Crippen molar-refractivity contribution in [3.63, 3.8) is 0 Å². The van der Waals surface area contributed by atoms with Gasteiger partial charge in [0.1, 0.15) is 23.4 Å². The summed E-state index contributed by atoms with van der Waals surface area (Å²) in [5.74, 6) is 0.943. The van der Waals surface area contributed by atoms with Crippen molar-refractivity contribution in [3.05, 3.63) is 30.4 Å². The van der Waals surface area contributed by atoms with Crippen molar-refractivity contribution < 1.29 is 22.7 Å². The molecule has 0 bridgehead atoms. The molecule has 1 aliphatic heterocycles. The molecule has 9 nitrogen and oxygen atoms in total. The van der Waals surface area contributed by atoms with Crippen molar-refractivity contribution in [3.8, 4) is 11.4 Å². The molecule has 0 radical (unpaired) electrons. The second-order valence-corrected chi connectivity index (χ2v) is 9.06. The van der Waals surface area contributed by atoms with Crippen LogP contribution < -0.4 is 5.32 Å². The second-order valence-electron chi connectivity index (χ2n) is 9.06. The number of halogens is 3. The third-order valence-corrected chi connectivity index (χ3v) is 5.34. The Hall–Kier alpha value is -3.44. The van der Waals surface area contributed by atoms with Crippen LogP contribution in [0.5, 0.6) is 0 Å². The Morgan fingerprint density at radius 3 is 2.59 bits per heavy atom. The first-order valence-electron chi connectivity index (χ1n) is 11.0. The van der Waals surface area contributed by atoms with Crippen LogP contribution in [0.3, 0.4) is 0 Å².